The summed E-state index contributed by atoms with van der Waals surface area (Å²) in [4.78, 5) is 22.4. The lowest BCUT2D eigenvalue weighted by atomic mass is 10.2. The van der Waals surface area contributed by atoms with Crippen LogP contribution >= 0.6 is 0 Å². The van der Waals surface area contributed by atoms with E-state index in [1.807, 2.05) is 0 Å². The summed E-state index contributed by atoms with van der Waals surface area (Å²) >= 11 is 0. The van der Waals surface area contributed by atoms with Crippen molar-refractivity contribution in [3.8, 4) is 0 Å². The summed E-state index contributed by atoms with van der Waals surface area (Å²) in [5, 5.41) is 10.3. The number of aromatic nitrogens is 1. The van der Waals surface area contributed by atoms with Crippen molar-refractivity contribution in [1.29, 1.82) is 0 Å². The molecule has 0 fully saturated rings. The molecular weight excluding hydrogens is 217 g/mol. The largest absolute Gasteiger partial charge is 0.424 e. The molecule has 15 heavy (non-hydrogen) atoms. The molecule has 0 spiro atoms. The second-order valence-electron chi connectivity index (χ2n) is 2.50. The molecule has 0 aliphatic carbocycles. The summed E-state index contributed by atoms with van der Waals surface area (Å²) in [6.45, 7) is 0. The van der Waals surface area contributed by atoms with Gasteiger partial charge in [-0.1, -0.05) is 0 Å². The number of pyridine rings is 1. The number of rotatable bonds is 2. The van der Waals surface area contributed by atoms with E-state index in [9.17, 15) is 28.1 Å². The predicted molar refractivity (Wildman–Crippen MR) is 41.3 cm³/mol. The average Bonchev–Trinajstić information content (AvgIpc) is 2.15. The number of hydrogen-bond acceptors (Lipinski definition) is 4. The van der Waals surface area contributed by atoms with Gasteiger partial charge in [-0.25, -0.2) is 0 Å². The Hall–Kier alpha value is -1.99. The van der Waals surface area contributed by atoms with Crippen molar-refractivity contribution in [2.24, 2.45) is 0 Å². The Balaban J connectivity index is 3.40. The van der Waals surface area contributed by atoms with Crippen LogP contribution in [-0.4, -0.2) is 16.2 Å². The fourth-order valence-electron chi connectivity index (χ4n) is 0.894. The van der Waals surface area contributed by atoms with Crippen molar-refractivity contribution in [1.82, 2.24) is 4.98 Å². The summed E-state index contributed by atoms with van der Waals surface area (Å²) in [5.74, 6) is 0. The van der Waals surface area contributed by atoms with Crippen LogP contribution in [-0.2, 0) is 6.18 Å². The van der Waals surface area contributed by atoms with E-state index in [2.05, 4.69) is 4.98 Å². The molecule has 1 heterocycles. The fourth-order valence-corrected chi connectivity index (χ4v) is 0.894. The topological polar surface area (TPSA) is 73.1 Å². The van der Waals surface area contributed by atoms with E-state index in [-0.39, 0.29) is 12.5 Å². The predicted octanol–water partition coefficient (Wildman–Crippen LogP) is 1.82. The van der Waals surface area contributed by atoms with E-state index >= 15 is 0 Å². The molecule has 0 radical (unpaired) electrons. The number of hydrogen-bond donors (Lipinski definition) is 0. The van der Waals surface area contributed by atoms with Crippen molar-refractivity contribution >= 4 is 12.0 Å². The highest BCUT2D eigenvalue weighted by Gasteiger charge is 2.38. The minimum Gasteiger partial charge on any atom is -0.296 e. The highest BCUT2D eigenvalue weighted by atomic mass is 19.4. The van der Waals surface area contributed by atoms with Gasteiger partial charge >= 0.3 is 6.18 Å². The summed E-state index contributed by atoms with van der Waals surface area (Å²) in [5.41, 5.74) is -3.08. The van der Waals surface area contributed by atoms with Crippen LogP contribution in [0.5, 0.6) is 0 Å². The zero-order chi connectivity index (χ0) is 11.6. The molecule has 1 aromatic rings. The molecule has 1 aromatic heterocycles. The van der Waals surface area contributed by atoms with Crippen molar-refractivity contribution in [3.63, 3.8) is 0 Å². The van der Waals surface area contributed by atoms with E-state index in [0.29, 0.717) is 6.07 Å². The first kappa shape index (κ1) is 11.1. The standard InChI is InChI=1S/C7H3F3N2O3/c8-7(9,10)5-2-11-4(3-13)1-6(5)12(14)15/h1-3H. The number of nitrogens with zero attached hydrogens (tertiary/aromatic N) is 2. The normalized spacial score (nSPS) is 11.1. The van der Waals surface area contributed by atoms with Gasteiger partial charge in [-0.05, 0) is 0 Å². The van der Waals surface area contributed by atoms with E-state index in [0.717, 1.165) is 0 Å². The van der Waals surface area contributed by atoms with Crippen LogP contribution in [0.4, 0.5) is 18.9 Å². The van der Waals surface area contributed by atoms with Crippen LogP contribution in [0.3, 0.4) is 0 Å². The Morgan fingerprint density at radius 1 is 1.47 bits per heavy atom. The van der Waals surface area contributed by atoms with Gasteiger partial charge in [-0.2, -0.15) is 13.2 Å². The third kappa shape index (κ3) is 2.27. The Bertz CT molecular complexity index is 416. The van der Waals surface area contributed by atoms with E-state index in [1.165, 1.54) is 0 Å². The highest BCUT2D eigenvalue weighted by molar-refractivity contribution is 5.73. The Kier molecular flexibility index (Phi) is 2.69. The molecule has 0 unspecified atom stereocenters. The van der Waals surface area contributed by atoms with Gasteiger partial charge in [-0.3, -0.25) is 19.9 Å². The molecule has 1 rings (SSSR count). The summed E-state index contributed by atoms with van der Waals surface area (Å²) in [6, 6.07) is 0.482. The first-order valence-electron chi connectivity index (χ1n) is 3.53. The minimum absolute atomic E-state index is 0.132. The fraction of sp³-hybridized carbons (Fsp3) is 0.143. The maximum atomic E-state index is 12.2. The Labute approximate surface area is 80.7 Å². The number of halogens is 3. The number of carbonyl (C=O) groups excluding carboxylic acids is 1. The van der Waals surface area contributed by atoms with Crippen LogP contribution in [0.1, 0.15) is 16.1 Å². The number of alkyl halides is 3. The first-order chi connectivity index (χ1) is 6.86. The Morgan fingerprint density at radius 2 is 2.07 bits per heavy atom. The van der Waals surface area contributed by atoms with Gasteiger partial charge < -0.3 is 0 Å². The van der Waals surface area contributed by atoms with Crippen LogP contribution in [0.2, 0.25) is 0 Å². The van der Waals surface area contributed by atoms with Gasteiger partial charge in [0.15, 0.2) is 11.8 Å². The third-order valence-corrected chi connectivity index (χ3v) is 1.53. The molecule has 0 atom stereocenters. The monoisotopic (exact) mass is 220 g/mol. The van der Waals surface area contributed by atoms with Gasteiger partial charge in [0.25, 0.3) is 5.69 Å². The second-order valence-corrected chi connectivity index (χ2v) is 2.50. The molecule has 0 aromatic carbocycles. The molecule has 5 nitrogen and oxygen atoms in total. The highest BCUT2D eigenvalue weighted by Crippen LogP contribution is 2.35. The van der Waals surface area contributed by atoms with Crippen molar-refractivity contribution < 1.29 is 22.9 Å². The summed E-state index contributed by atoms with van der Waals surface area (Å²) in [7, 11) is 0. The van der Waals surface area contributed by atoms with Gasteiger partial charge in [-0.15, -0.1) is 0 Å². The average molecular weight is 220 g/mol. The second kappa shape index (κ2) is 3.64. The maximum Gasteiger partial charge on any atom is 0.424 e. The lowest BCUT2D eigenvalue weighted by Crippen LogP contribution is -2.10. The SMILES string of the molecule is O=Cc1cc([N+](=O)[O-])c(C(F)(F)F)cn1. The third-order valence-electron chi connectivity index (χ3n) is 1.53. The smallest absolute Gasteiger partial charge is 0.296 e. The molecule has 0 aliphatic heterocycles. The van der Waals surface area contributed by atoms with Gasteiger partial charge in [0, 0.05) is 12.3 Å². The summed E-state index contributed by atoms with van der Waals surface area (Å²) < 4.78 is 36.6. The number of carbonyl (C=O) groups is 1. The minimum atomic E-state index is -4.86. The van der Waals surface area contributed by atoms with Crippen LogP contribution in [0.15, 0.2) is 12.3 Å². The van der Waals surface area contributed by atoms with Crippen molar-refractivity contribution in [2.75, 3.05) is 0 Å². The quantitative estimate of drug-likeness (QED) is 0.433. The molecule has 0 N–H and O–H groups in total. The zero-order valence-corrected chi connectivity index (χ0v) is 6.99. The lowest BCUT2D eigenvalue weighted by molar-refractivity contribution is -0.388. The van der Waals surface area contributed by atoms with Gasteiger partial charge in [0.1, 0.15) is 5.69 Å². The molecule has 0 saturated carbocycles. The number of nitro groups is 1. The maximum absolute atomic E-state index is 12.2. The van der Waals surface area contributed by atoms with Crippen molar-refractivity contribution in [3.05, 3.63) is 33.6 Å². The van der Waals surface area contributed by atoms with Gasteiger partial charge in [0.05, 0.1) is 4.92 Å². The van der Waals surface area contributed by atoms with Crippen LogP contribution < -0.4 is 0 Å². The Morgan fingerprint density at radius 3 is 2.47 bits per heavy atom. The summed E-state index contributed by atoms with van der Waals surface area (Å²) in [6.07, 6.45) is -4.47. The molecule has 0 bridgehead atoms. The molecule has 0 aliphatic rings. The lowest BCUT2D eigenvalue weighted by Gasteiger charge is -2.06. The van der Waals surface area contributed by atoms with E-state index in [4.69, 9.17) is 0 Å². The molecule has 80 valence electrons. The van der Waals surface area contributed by atoms with Crippen molar-refractivity contribution in [2.45, 2.75) is 6.18 Å². The van der Waals surface area contributed by atoms with E-state index < -0.39 is 28.0 Å². The van der Waals surface area contributed by atoms with E-state index in [1.54, 1.807) is 0 Å². The first-order valence-corrected chi connectivity index (χ1v) is 3.53. The van der Waals surface area contributed by atoms with Crippen LogP contribution in [0, 0.1) is 10.1 Å². The zero-order valence-electron chi connectivity index (χ0n) is 6.99. The molecule has 8 heteroatoms. The van der Waals surface area contributed by atoms with Gasteiger partial charge in [0.2, 0.25) is 0 Å². The van der Waals surface area contributed by atoms with Crippen LogP contribution in [0.25, 0.3) is 0 Å². The number of aldehydes is 1. The molecular formula is C7H3F3N2O3. The molecule has 0 saturated heterocycles. The molecule has 0 amide bonds.